The summed E-state index contributed by atoms with van der Waals surface area (Å²) >= 11 is 12.3. The number of ether oxygens (including phenoxy) is 1. The predicted molar refractivity (Wildman–Crippen MR) is 122 cm³/mol. The number of aliphatic hydroxyl groups is 1. The number of carbonyl (C=O) groups is 2. The lowest BCUT2D eigenvalue weighted by Crippen LogP contribution is -2.29. The number of hydrogen-bond donors (Lipinski definition) is 2. The number of amides is 1. The summed E-state index contributed by atoms with van der Waals surface area (Å²) in [5, 5.41) is 21.0. The van der Waals surface area contributed by atoms with Crippen LogP contribution in [0.5, 0.6) is 11.5 Å². The van der Waals surface area contributed by atoms with Crippen LogP contribution in [-0.4, -0.2) is 29.0 Å². The SMILES string of the molecule is COc1ccc(Cl)c(/C(O)=C2\C(=O)C(=O)N(c3ccc(F)c(F)c3)C2c2ccc(O)c(Cl)c2)c1. The maximum absolute atomic E-state index is 14.0. The molecule has 10 heteroatoms. The molecule has 2 N–H and O–H groups in total. The van der Waals surface area contributed by atoms with Crippen LogP contribution in [0.3, 0.4) is 0 Å². The molecule has 0 spiro atoms. The molecule has 0 bridgehead atoms. The van der Waals surface area contributed by atoms with E-state index in [2.05, 4.69) is 0 Å². The third kappa shape index (κ3) is 3.95. The Morgan fingerprint density at radius 1 is 0.971 bits per heavy atom. The van der Waals surface area contributed by atoms with Gasteiger partial charge in [-0.2, -0.15) is 0 Å². The second kappa shape index (κ2) is 8.96. The summed E-state index contributed by atoms with van der Waals surface area (Å²) in [5.74, 6) is -5.11. The zero-order chi connectivity index (χ0) is 24.7. The number of rotatable bonds is 4. The molecule has 0 radical (unpaired) electrons. The number of methoxy groups -OCH3 is 1. The van der Waals surface area contributed by atoms with Crippen LogP contribution in [0.2, 0.25) is 10.0 Å². The van der Waals surface area contributed by atoms with Crippen LogP contribution in [0.25, 0.3) is 5.76 Å². The van der Waals surface area contributed by atoms with Crippen LogP contribution in [0.15, 0.2) is 60.2 Å². The first-order valence-corrected chi connectivity index (χ1v) is 10.5. The van der Waals surface area contributed by atoms with Crippen molar-refractivity contribution in [1.29, 1.82) is 0 Å². The molecule has 0 saturated carbocycles. The number of nitrogens with zero attached hydrogens (tertiary/aromatic N) is 1. The Kier molecular flexibility index (Phi) is 6.20. The van der Waals surface area contributed by atoms with Gasteiger partial charge in [-0.3, -0.25) is 14.5 Å². The Bertz CT molecular complexity index is 1380. The topological polar surface area (TPSA) is 87.1 Å². The number of benzene rings is 3. The predicted octanol–water partition coefficient (Wildman–Crippen LogP) is 5.61. The van der Waals surface area contributed by atoms with Gasteiger partial charge in [0.15, 0.2) is 11.6 Å². The summed E-state index contributed by atoms with van der Waals surface area (Å²) in [5.41, 5.74) is -0.274. The van der Waals surface area contributed by atoms with Gasteiger partial charge < -0.3 is 14.9 Å². The number of hydrogen-bond acceptors (Lipinski definition) is 5. The number of phenols is 1. The summed E-state index contributed by atoms with van der Waals surface area (Å²) < 4.78 is 32.7. The molecule has 1 heterocycles. The van der Waals surface area contributed by atoms with E-state index in [1.54, 1.807) is 0 Å². The lowest BCUT2D eigenvalue weighted by atomic mass is 9.95. The third-order valence-electron chi connectivity index (χ3n) is 5.34. The van der Waals surface area contributed by atoms with Crippen molar-refractivity contribution in [3.8, 4) is 11.5 Å². The fourth-order valence-electron chi connectivity index (χ4n) is 3.70. The zero-order valence-electron chi connectivity index (χ0n) is 17.4. The standard InChI is InChI=1S/C24H15Cl2F2NO5/c1-34-13-4-5-15(25)14(10-13)22(31)20-21(11-2-7-19(30)16(26)8-11)29(24(33)23(20)32)12-3-6-17(27)18(28)9-12/h2-10,21,30-31H,1H3/b22-20+. The van der Waals surface area contributed by atoms with Crippen molar-refractivity contribution in [1.82, 2.24) is 0 Å². The number of aliphatic hydroxyl groups excluding tert-OH is 1. The maximum Gasteiger partial charge on any atom is 0.300 e. The van der Waals surface area contributed by atoms with Gasteiger partial charge in [0.05, 0.1) is 28.8 Å². The van der Waals surface area contributed by atoms with E-state index in [9.17, 15) is 28.6 Å². The molecule has 6 nitrogen and oxygen atoms in total. The van der Waals surface area contributed by atoms with E-state index in [4.69, 9.17) is 27.9 Å². The number of halogens is 4. The van der Waals surface area contributed by atoms with Gasteiger partial charge in [0.1, 0.15) is 17.3 Å². The van der Waals surface area contributed by atoms with E-state index in [1.165, 1.54) is 43.5 Å². The highest BCUT2D eigenvalue weighted by atomic mass is 35.5. The molecule has 3 aromatic rings. The zero-order valence-corrected chi connectivity index (χ0v) is 18.9. The number of anilines is 1. The first kappa shape index (κ1) is 23.5. The van der Waals surface area contributed by atoms with Gasteiger partial charge in [-0.1, -0.05) is 29.3 Å². The van der Waals surface area contributed by atoms with Crippen molar-refractivity contribution in [3.63, 3.8) is 0 Å². The van der Waals surface area contributed by atoms with Crippen LogP contribution in [-0.2, 0) is 9.59 Å². The summed E-state index contributed by atoms with van der Waals surface area (Å²) in [6.45, 7) is 0. The second-order valence-electron chi connectivity index (χ2n) is 7.32. The first-order valence-electron chi connectivity index (χ1n) is 9.72. The lowest BCUT2D eigenvalue weighted by molar-refractivity contribution is -0.132. The number of carbonyl (C=O) groups excluding carboxylic acids is 2. The monoisotopic (exact) mass is 505 g/mol. The van der Waals surface area contributed by atoms with Crippen LogP contribution in [0.1, 0.15) is 17.2 Å². The lowest BCUT2D eigenvalue weighted by Gasteiger charge is -2.26. The molecular formula is C24H15Cl2F2NO5. The summed E-state index contributed by atoms with van der Waals surface area (Å²) in [6.07, 6.45) is 0. The minimum Gasteiger partial charge on any atom is -0.507 e. The van der Waals surface area contributed by atoms with Crippen LogP contribution < -0.4 is 9.64 Å². The summed E-state index contributed by atoms with van der Waals surface area (Å²) in [7, 11) is 1.40. The van der Waals surface area contributed by atoms with E-state index in [-0.39, 0.29) is 38.2 Å². The molecule has 174 valence electrons. The highest BCUT2D eigenvalue weighted by Gasteiger charge is 2.47. The van der Waals surface area contributed by atoms with Gasteiger partial charge in [-0.15, -0.1) is 0 Å². The third-order valence-corrected chi connectivity index (χ3v) is 5.97. The molecule has 1 unspecified atom stereocenters. The molecule has 0 aromatic heterocycles. The van der Waals surface area contributed by atoms with E-state index in [0.29, 0.717) is 5.75 Å². The average molecular weight is 506 g/mol. The highest BCUT2D eigenvalue weighted by Crippen LogP contribution is 2.44. The molecule has 1 atom stereocenters. The normalized spacial score (nSPS) is 17.3. The van der Waals surface area contributed by atoms with Gasteiger partial charge in [0.2, 0.25) is 0 Å². The molecule has 34 heavy (non-hydrogen) atoms. The Labute approximate surface area is 202 Å². The Hall–Kier alpha value is -3.62. The average Bonchev–Trinajstić information content (AvgIpc) is 3.08. The smallest absolute Gasteiger partial charge is 0.300 e. The number of aromatic hydroxyl groups is 1. The van der Waals surface area contributed by atoms with Crippen LogP contribution in [0, 0.1) is 11.6 Å². The number of phenolic OH excluding ortho intramolecular Hbond substituents is 1. The van der Waals surface area contributed by atoms with Crippen molar-refractivity contribution in [2.75, 3.05) is 12.0 Å². The van der Waals surface area contributed by atoms with Gasteiger partial charge in [0, 0.05) is 17.3 Å². The largest absolute Gasteiger partial charge is 0.507 e. The molecule has 1 aliphatic rings. The summed E-state index contributed by atoms with van der Waals surface area (Å²) in [4.78, 5) is 27.1. The van der Waals surface area contributed by atoms with E-state index in [1.807, 2.05) is 0 Å². The molecule has 1 amide bonds. The highest BCUT2D eigenvalue weighted by molar-refractivity contribution is 6.52. The summed E-state index contributed by atoms with van der Waals surface area (Å²) in [6, 6.07) is 9.65. The molecule has 0 aliphatic carbocycles. The van der Waals surface area contributed by atoms with E-state index >= 15 is 0 Å². The Balaban J connectivity index is 2.00. The fourth-order valence-corrected chi connectivity index (χ4v) is 4.10. The molecule has 4 rings (SSSR count). The minimum absolute atomic E-state index is 0.0131. The van der Waals surface area contributed by atoms with Crippen molar-refractivity contribution in [3.05, 3.63) is 93.0 Å². The van der Waals surface area contributed by atoms with Crippen LogP contribution in [0.4, 0.5) is 14.5 Å². The minimum atomic E-state index is -1.30. The van der Waals surface area contributed by atoms with Crippen molar-refractivity contribution < 1.29 is 33.3 Å². The number of ketones is 1. The Morgan fingerprint density at radius 2 is 1.71 bits per heavy atom. The van der Waals surface area contributed by atoms with Crippen molar-refractivity contribution in [2.24, 2.45) is 0 Å². The van der Waals surface area contributed by atoms with Crippen molar-refractivity contribution in [2.45, 2.75) is 6.04 Å². The second-order valence-corrected chi connectivity index (χ2v) is 8.14. The Morgan fingerprint density at radius 3 is 2.35 bits per heavy atom. The van der Waals surface area contributed by atoms with E-state index in [0.717, 1.165) is 23.1 Å². The number of Topliss-reactive ketones (excluding diaryl/α,β-unsaturated/α-hetero) is 1. The van der Waals surface area contributed by atoms with Crippen LogP contribution >= 0.6 is 23.2 Å². The molecule has 1 aliphatic heterocycles. The first-order chi connectivity index (χ1) is 16.1. The molecule has 3 aromatic carbocycles. The van der Waals surface area contributed by atoms with Gasteiger partial charge in [-0.25, -0.2) is 8.78 Å². The van der Waals surface area contributed by atoms with Gasteiger partial charge >= 0.3 is 0 Å². The maximum atomic E-state index is 14.0. The molecule has 1 saturated heterocycles. The van der Waals surface area contributed by atoms with Gasteiger partial charge in [-0.05, 0) is 48.0 Å². The van der Waals surface area contributed by atoms with E-state index < -0.39 is 35.1 Å². The molecule has 1 fully saturated rings. The quantitative estimate of drug-likeness (QED) is 0.273. The fraction of sp³-hybridized carbons (Fsp3) is 0.0833. The molecular weight excluding hydrogens is 491 g/mol. The van der Waals surface area contributed by atoms with Gasteiger partial charge in [0.25, 0.3) is 11.7 Å². The van der Waals surface area contributed by atoms with Crippen molar-refractivity contribution >= 4 is 46.3 Å².